The molecular formula is C64H105O11P. The second kappa shape index (κ2) is 57.1. The molecule has 0 aromatic carbocycles. The zero-order chi connectivity index (χ0) is 55.5. The summed E-state index contributed by atoms with van der Waals surface area (Å²) in [4.78, 5) is 48.6. The van der Waals surface area contributed by atoms with Gasteiger partial charge in [0.15, 0.2) is 6.10 Å². The van der Waals surface area contributed by atoms with Crippen molar-refractivity contribution in [1.82, 2.24) is 0 Å². The molecule has 0 aliphatic heterocycles. The molecule has 0 saturated heterocycles. The highest BCUT2D eigenvalue weighted by Gasteiger charge is 2.28. The minimum Gasteiger partial charge on any atom is -0.462 e. The van der Waals surface area contributed by atoms with Gasteiger partial charge < -0.3 is 24.2 Å². The Kier molecular flexibility index (Phi) is 54.0. The van der Waals surface area contributed by atoms with E-state index in [9.17, 15) is 28.9 Å². The molecule has 0 fully saturated rings. The van der Waals surface area contributed by atoms with E-state index in [2.05, 4.69) is 142 Å². The fourth-order valence-corrected chi connectivity index (χ4v) is 8.21. The Morgan fingerprint density at radius 1 is 0.382 bits per heavy atom. The SMILES string of the molecule is CC/C=C\C/C=C\C/C=C\C/C=C\CCCCC(=O)OCC(COP(=O)(O)OCC(CO)OC(=O)CCCC/C=C\C/C=C\C/C=C\C/C=C\CC)OC(=O)CCCCCCCCCCC/C=C\C/C=C\CCCCC. The summed E-state index contributed by atoms with van der Waals surface area (Å²) in [6.07, 6.45) is 70.2. The first-order chi connectivity index (χ1) is 37.2. The predicted octanol–water partition coefficient (Wildman–Crippen LogP) is 17.6. The number of aliphatic hydroxyl groups excluding tert-OH is 1. The van der Waals surface area contributed by atoms with Crippen LogP contribution < -0.4 is 0 Å². The molecule has 0 radical (unpaired) electrons. The molecule has 0 rings (SSSR count). The van der Waals surface area contributed by atoms with Crippen LogP contribution in [0.3, 0.4) is 0 Å². The zero-order valence-electron chi connectivity index (χ0n) is 47.7. The number of carbonyl (C=O) groups excluding carboxylic acids is 3. The highest BCUT2D eigenvalue weighted by molar-refractivity contribution is 7.47. The van der Waals surface area contributed by atoms with E-state index in [4.69, 9.17) is 23.3 Å². The molecule has 432 valence electrons. The third kappa shape index (κ3) is 54.7. The minimum absolute atomic E-state index is 0.116. The number of carbonyl (C=O) groups is 3. The Bertz CT molecular complexity index is 1740. The van der Waals surface area contributed by atoms with Crippen LogP contribution in [0.1, 0.15) is 226 Å². The maximum atomic E-state index is 12.9. The van der Waals surface area contributed by atoms with Crippen molar-refractivity contribution in [3.05, 3.63) is 122 Å². The van der Waals surface area contributed by atoms with Gasteiger partial charge in [0, 0.05) is 19.3 Å². The summed E-state index contributed by atoms with van der Waals surface area (Å²) in [5.74, 6) is -1.57. The number of hydrogen-bond acceptors (Lipinski definition) is 10. The van der Waals surface area contributed by atoms with E-state index in [1.54, 1.807) is 0 Å². The van der Waals surface area contributed by atoms with Gasteiger partial charge in [-0.15, -0.1) is 0 Å². The number of allylic oxidation sites excluding steroid dienone is 20. The Balaban J connectivity index is 4.83. The molecule has 11 nitrogen and oxygen atoms in total. The summed E-state index contributed by atoms with van der Waals surface area (Å²) < 4.78 is 39.5. The third-order valence-corrected chi connectivity index (χ3v) is 12.8. The lowest BCUT2D eigenvalue weighted by Gasteiger charge is -2.21. The van der Waals surface area contributed by atoms with Gasteiger partial charge in [0.05, 0.1) is 19.8 Å². The molecule has 3 atom stereocenters. The first-order valence-corrected chi connectivity index (χ1v) is 30.9. The second-order valence-electron chi connectivity index (χ2n) is 19.0. The van der Waals surface area contributed by atoms with E-state index in [0.717, 1.165) is 116 Å². The molecule has 0 bridgehead atoms. The Hall–Kier alpha value is -4.12. The van der Waals surface area contributed by atoms with Gasteiger partial charge >= 0.3 is 25.7 Å². The van der Waals surface area contributed by atoms with Crippen LogP contribution in [0.15, 0.2) is 122 Å². The molecule has 0 amide bonds. The van der Waals surface area contributed by atoms with Crippen molar-refractivity contribution in [2.75, 3.05) is 26.4 Å². The normalized spacial score (nSPS) is 14.2. The molecule has 0 spiro atoms. The van der Waals surface area contributed by atoms with Crippen molar-refractivity contribution < 1.29 is 52.2 Å². The smallest absolute Gasteiger partial charge is 0.462 e. The fourth-order valence-electron chi connectivity index (χ4n) is 7.43. The van der Waals surface area contributed by atoms with Crippen LogP contribution >= 0.6 is 7.82 Å². The number of phosphoric acid groups is 1. The average molecular weight is 1080 g/mol. The fraction of sp³-hybridized carbons (Fsp3) is 0.641. The van der Waals surface area contributed by atoms with Crippen LogP contribution in [0.5, 0.6) is 0 Å². The predicted molar refractivity (Wildman–Crippen MR) is 316 cm³/mol. The highest BCUT2D eigenvalue weighted by atomic mass is 31.2. The molecule has 3 unspecified atom stereocenters. The van der Waals surface area contributed by atoms with Crippen LogP contribution in [0.2, 0.25) is 0 Å². The number of unbranched alkanes of at least 4 members (excludes halogenated alkanes) is 16. The lowest BCUT2D eigenvalue weighted by atomic mass is 10.1. The maximum Gasteiger partial charge on any atom is 0.472 e. The van der Waals surface area contributed by atoms with Crippen LogP contribution in [0.4, 0.5) is 0 Å². The first kappa shape index (κ1) is 71.9. The average Bonchev–Trinajstić information content (AvgIpc) is 3.41. The second-order valence-corrected chi connectivity index (χ2v) is 20.5. The standard InChI is InChI=1S/C64H105O11P/c1-4-7-10-13-16-19-22-25-28-29-30-31-34-37-40-43-46-49-52-55-64(68)75-61(57-71-62(66)53-50-47-44-41-38-35-32-26-23-20-17-14-11-8-5-2)59-73-76(69,70)72-58-60(56-65)74-63(67)54-51-48-45-42-39-36-33-27-24-21-18-15-12-9-6-3/h8-9,11-12,16-21,25-28,32-33,38-39,41-42,60-61,65H,4-7,10,13-15,22-24,29-31,34-37,40,43-59H2,1-3H3,(H,69,70)/b11-8-,12-9-,19-16-,20-17-,21-18-,28-25-,32-26-,33-27-,41-38-,42-39-. The molecule has 0 aromatic rings. The lowest BCUT2D eigenvalue weighted by Crippen LogP contribution is -2.30. The summed E-state index contributed by atoms with van der Waals surface area (Å²) in [7, 11) is -4.78. The van der Waals surface area contributed by atoms with Crippen molar-refractivity contribution in [3.63, 3.8) is 0 Å². The van der Waals surface area contributed by atoms with Crippen LogP contribution in [-0.4, -0.2) is 66.5 Å². The van der Waals surface area contributed by atoms with Crippen molar-refractivity contribution in [1.29, 1.82) is 0 Å². The van der Waals surface area contributed by atoms with E-state index < -0.39 is 57.8 Å². The number of aliphatic hydroxyl groups is 1. The lowest BCUT2D eigenvalue weighted by molar-refractivity contribution is -0.161. The summed E-state index contributed by atoms with van der Waals surface area (Å²) in [5.41, 5.74) is 0. The van der Waals surface area contributed by atoms with Gasteiger partial charge in [0.2, 0.25) is 0 Å². The molecule has 76 heavy (non-hydrogen) atoms. The first-order valence-electron chi connectivity index (χ1n) is 29.4. The number of esters is 3. The van der Waals surface area contributed by atoms with Gasteiger partial charge in [-0.3, -0.25) is 23.4 Å². The topological polar surface area (TPSA) is 155 Å². The van der Waals surface area contributed by atoms with E-state index in [0.29, 0.717) is 19.3 Å². The van der Waals surface area contributed by atoms with E-state index in [1.165, 1.54) is 51.4 Å². The number of ether oxygens (including phenoxy) is 3. The van der Waals surface area contributed by atoms with Gasteiger partial charge in [-0.05, 0) is 128 Å². The van der Waals surface area contributed by atoms with Gasteiger partial charge in [-0.25, -0.2) is 4.57 Å². The Morgan fingerprint density at radius 3 is 1.08 bits per heavy atom. The van der Waals surface area contributed by atoms with Crippen LogP contribution in [0.25, 0.3) is 0 Å². The van der Waals surface area contributed by atoms with Crippen molar-refractivity contribution in [3.8, 4) is 0 Å². The summed E-state index contributed by atoms with van der Waals surface area (Å²) >= 11 is 0. The summed E-state index contributed by atoms with van der Waals surface area (Å²) in [6, 6.07) is 0. The number of phosphoric ester groups is 1. The van der Waals surface area contributed by atoms with Crippen molar-refractivity contribution in [2.24, 2.45) is 0 Å². The summed E-state index contributed by atoms with van der Waals surface area (Å²) in [6.45, 7) is 4.28. The van der Waals surface area contributed by atoms with Gasteiger partial charge in [0.1, 0.15) is 12.7 Å². The molecule has 0 saturated carbocycles. The Labute approximate surface area is 462 Å². The van der Waals surface area contributed by atoms with Gasteiger partial charge in [-0.2, -0.15) is 0 Å². The quantitative estimate of drug-likeness (QED) is 0.0197. The van der Waals surface area contributed by atoms with Crippen LogP contribution in [-0.2, 0) is 42.2 Å². The molecule has 0 aliphatic carbocycles. The van der Waals surface area contributed by atoms with Crippen LogP contribution in [0, 0.1) is 0 Å². The molecule has 12 heteroatoms. The van der Waals surface area contributed by atoms with E-state index in [-0.39, 0.29) is 25.9 Å². The zero-order valence-corrected chi connectivity index (χ0v) is 48.6. The number of rotatable bonds is 53. The minimum atomic E-state index is -4.78. The molecule has 0 aromatic heterocycles. The largest absolute Gasteiger partial charge is 0.472 e. The van der Waals surface area contributed by atoms with E-state index in [1.807, 2.05) is 0 Å². The van der Waals surface area contributed by atoms with Crippen molar-refractivity contribution >= 4 is 25.7 Å². The van der Waals surface area contributed by atoms with E-state index >= 15 is 0 Å². The maximum absolute atomic E-state index is 12.9. The monoisotopic (exact) mass is 1080 g/mol. The molecular weight excluding hydrogens is 976 g/mol. The van der Waals surface area contributed by atoms with Crippen molar-refractivity contribution in [2.45, 2.75) is 238 Å². The molecule has 0 aliphatic rings. The third-order valence-electron chi connectivity index (χ3n) is 11.8. The molecule has 2 N–H and O–H groups in total. The van der Waals surface area contributed by atoms with Gasteiger partial charge in [0.25, 0.3) is 0 Å². The summed E-state index contributed by atoms with van der Waals surface area (Å²) in [5, 5.41) is 9.81. The highest BCUT2D eigenvalue weighted by Crippen LogP contribution is 2.43. The number of hydrogen-bond donors (Lipinski definition) is 2. The Morgan fingerprint density at radius 2 is 0.684 bits per heavy atom. The molecule has 0 heterocycles. The van der Waals surface area contributed by atoms with Gasteiger partial charge in [-0.1, -0.05) is 200 Å².